The Morgan fingerprint density at radius 1 is 1.12 bits per heavy atom. The Kier molecular flexibility index (Phi) is 2.45. The molecule has 0 heterocycles. The second-order valence-corrected chi connectivity index (χ2v) is 7.43. The molecule has 0 amide bonds. The van der Waals surface area contributed by atoms with Crippen LogP contribution >= 0.6 is 0 Å². The first-order chi connectivity index (χ1) is 7.92. The van der Waals surface area contributed by atoms with E-state index in [-0.39, 0.29) is 5.41 Å². The highest BCUT2D eigenvalue weighted by Gasteiger charge is 2.68. The van der Waals surface area contributed by atoms with Crippen LogP contribution in [-0.2, 0) is 0 Å². The van der Waals surface area contributed by atoms with Crippen molar-refractivity contribution in [3.8, 4) is 0 Å². The molecule has 0 bridgehead atoms. The van der Waals surface area contributed by atoms with E-state index in [1.165, 1.54) is 12.8 Å². The molecule has 0 aromatic rings. The molecule has 0 radical (unpaired) electrons. The van der Waals surface area contributed by atoms with Crippen molar-refractivity contribution >= 4 is 0 Å². The molecule has 3 saturated carbocycles. The molecule has 7 atom stereocenters. The van der Waals surface area contributed by atoms with Crippen LogP contribution in [0.1, 0.15) is 46.5 Å². The highest BCUT2D eigenvalue weighted by molar-refractivity contribution is 5.16. The SMILES string of the molecule is C[C@H]1CC[C@@H]2[C@H]1[C@@H]1[C@H](CC[C@@]2(C)O)[C@@]1(C)CO. The summed E-state index contributed by atoms with van der Waals surface area (Å²) in [5.74, 6) is 3.18. The fourth-order valence-corrected chi connectivity index (χ4v) is 5.33. The van der Waals surface area contributed by atoms with Crippen molar-refractivity contribution < 1.29 is 10.2 Å². The highest BCUT2D eigenvalue weighted by atomic mass is 16.3. The largest absolute Gasteiger partial charge is 0.396 e. The van der Waals surface area contributed by atoms with Crippen molar-refractivity contribution in [2.45, 2.75) is 52.1 Å². The Hall–Kier alpha value is -0.0800. The highest BCUT2D eigenvalue weighted by Crippen LogP contribution is 2.71. The Morgan fingerprint density at radius 2 is 1.82 bits per heavy atom. The number of rotatable bonds is 1. The summed E-state index contributed by atoms with van der Waals surface area (Å²) in [6, 6.07) is 0. The fraction of sp³-hybridized carbons (Fsp3) is 1.00. The number of hydrogen-bond acceptors (Lipinski definition) is 2. The van der Waals surface area contributed by atoms with Crippen molar-refractivity contribution in [3.63, 3.8) is 0 Å². The Morgan fingerprint density at radius 3 is 2.47 bits per heavy atom. The smallest absolute Gasteiger partial charge is 0.0650 e. The molecule has 0 unspecified atom stereocenters. The first kappa shape index (κ1) is 12.0. The van der Waals surface area contributed by atoms with E-state index in [2.05, 4.69) is 13.8 Å². The van der Waals surface area contributed by atoms with Gasteiger partial charge >= 0.3 is 0 Å². The Balaban J connectivity index is 1.93. The van der Waals surface area contributed by atoms with Crippen LogP contribution in [0.15, 0.2) is 0 Å². The van der Waals surface area contributed by atoms with E-state index >= 15 is 0 Å². The lowest BCUT2D eigenvalue weighted by Crippen LogP contribution is -2.38. The van der Waals surface area contributed by atoms with Gasteiger partial charge in [-0.2, -0.15) is 0 Å². The Bertz CT molecular complexity index is 325. The molecule has 3 aliphatic carbocycles. The molecule has 0 aromatic heterocycles. The number of aliphatic hydroxyl groups excluding tert-OH is 1. The molecule has 98 valence electrons. The lowest BCUT2D eigenvalue weighted by molar-refractivity contribution is -0.0327. The number of hydrogen-bond donors (Lipinski definition) is 2. The molecule has 2 N–H and O–H groups in total. The lowest BCUT2D eigenvalue weighted by atomic mass is 9.74. The maximum atomic E-state index is 10.7. The predicted octanol–water partition coefficient (Wildman–Crippen LogP) is 2.44. The van der Waals surface area contributed by atoms with Gasteiger partial charge in [0.25, 0.3) is 0 Å². The number of aliphatic hydroxyl groups is 2. The topological polar surface area (TPSA) is 40.5 Å². The van der Waals surface area contributed by atoms with Crippen LogP contribution in [-0.4, -0.2) is 22.4 Å². The molecule has 0 aromatic carbocycles. The summed E-state index contributed by atoms with van der Waals surface area (Å²) < 4.78 is 0. The number of fused-ring (bicyclic) bond motifs is 3. The quantitative estimate of drug-likeness (QED) is 0.736. The standard InChI is InChI=1S/C15H26O2/c1-9-4-5-10-12(9)13-11(14(13,2)8-16)6-7-15(10,3)17/h9-13,16-17H,4-8H2,1-3H3/t9-,10+,11-,12-,13-,14+,15+/m0/s1. The third kappa shape index (κ3) is 1.46. The molecule has 0 saturated heterocycles. The van der Waals surface area contributed by atoms with E-state index in [1.54, 1.807) is 0 Å². The van der Waals surface area contributed by atoms with E-state index in [9.17, 15) is 10.2 Å². The van der Waals surface area contributed by atoms with Gasteiger partial charge in [-0.05, 0) is 61.2 Å². The van der Waals surface area contributed by atoms with Crippen LogP contribution in [0.5, 0.6) is 0 Å². The zero-order valence-corrected chi connectivity index (χ0v) is 11.3. The Labute approximate surface area is 104 Å². The molecular formula is C15H26O2. The average Bonchev–Trinajstić information content (AvgIpc) is 2.70. The predicted molar refractivity (Wildman–Crippen MR) is 67.4 cm³/mol. The summed E-state index contributed by atoms with van der Waals surface area (Å²) in [6.45, 7) is 6.98. The molecule has 3 aliphatic rings. The minimum absolute atomic E-state index is 0.165. The first-order valence-electron chi connectivity index (χ1n) is 7.25. The summed E-state index contributed by atoms with van der Waals surface area (Å²) in [5, 5.41) is 20.3. The van der Waals surface area contributed by atoms with Crippen LogP contribution in [0.25, 0.3) is 0 Å². The average molecular weight is 238 g/mol. The van der Waals surface area contributed by atoms with Crippen LogP contribution in [0, 0.1) is 35.0 Å². The summed E-state index contributed by atoms with van der Waals surface area (Å²) in [7, 11) is 0. The van der Waals surface area contributed by atoms with Crippen molar-refractivity contribution in [2.24, 2.45) is 35.0 Å². The maximum Gasteiger partial charge on any atom is 0.0650 e. The van der Waals surface area contributed by atoms with Gasteiger partial charge in [-0.3, -0.25) is 0 Å². The van der Waals surface area contributed by atoms with Gasteiger partial charge in [-0.1, -0.05) is 20.3 Å². The van der Waals surface area contributed by atoms with Gasteiger partial charge in [-0.25, -0.2) is 0 Å². The normalized spacial score (nSPS) is 61.6. The van der Waals surface area contributed by atoms with E-state index in [0.717, 1.165) is 18.8 Å². The first-order valence-corrected chi connectivity index (χ1v) is 7.25. The summed E-state index contributed by atoms with van der Waals surface area (Å²) in [5.41, 5.74) is -0.294. The van der Waals surface area contributed by atoms with Gasteiger partial charge in [0.2, 0.25) is 0 Å². The second kappa shape index (κ2) is 3.48. The molecular weight excluding hydrogens is 212 g/mol. The third-order valence-electron chi connectivity index (χ3n) is 6.50. The van der Waals surface area contributed by atoms with Gasteiger partial charge in [0.15, 0.2) is 0 Å². The van der Waals surface area contributed by atoms with Crippen molar-refractivity contribution in [3.05, 3.63) is 0 Å². The van der Waals surface area contributed by atoms with E-state index in [0.29, 0.717) is 30.3 Å². The van der Waals surface area contributed by atoms with Gasteiger partial charge in [0.1, 0.15) is 0 Å². The maximum absolute atomic E-state index is 10.7. The van der Waals surface area contributed by atoms with Crippen molar-refractivity contribution in [1.82, 2.24) is 0 Å². The molecule has 2 heteroatoms. The monoisotopic (exact) mass is 238 g/mol. The molecule has 17 heavy (non-hydrogen) atoms. The fourth-order valence-electron chi connectivity index (χ4n) is 5.33. The van der Waals surface area contributed by atoms with Gasteiger partial charge < -0.3 is 10.2 Å². The van der Waals surface area contributed by atoms with Crippen LogP contribution in [0.4, 0.5) is 0 Å². The molecule has 0 aliphatic heterocycles. The minimum atomic E-state index is -0.459. The molecule has 0 spiro atoms. The second-order valence-electron chi connectivity index (χ2n) is 7.43. The zero-order valence-electron chi connectivity index (χ0n) is 11.3. The van der Waals surface area contributed by atoms with Crippen LogP contribution in [0.3, 0.4) is 0 Å². The van der Waals surface area contributed by atoms with Gasteiger partial charge in [0, 0.05) is 6.61 Å². The van der Waals surface area contributed by atoms with E-state index in [1.807, 2.05) is 6.92 Å². The van der Waals surface area contributed by atoms with E-state index in [4.69, 9.17) is 0 Å². The molecule has 3 fully saturated rings. The lowest BCUT2D eigenvalue weighted by Gasteiger charge is -2.35. The van der Waals surface area contributed by atoms with Crippen molar-refractivity contribution in [2.75, 3.05) is 6.61 Å². The molecule has 2 nitrogen and oxygen atoms in total. The van der Waals surface area contributed by atoms with Gasteiger partial charge in [-0.15, -0.1) is 0 Å². The van der Waals surface area contributed by atoms with Crippen LogP contribution in [0.2, 0.25) is 0 Å². The summed E-state index contributed by atoms with van der Waals surface area (Å²) in [4.78, 5) is 0. The minimum Gasteiger partial charge on any atom is -0.396 e. The summed E-state index contributed by atoms with van der Waals surface area (Å²) in [6.07, 6.45) is 4.48. The summed E-state index contributed by atoms with van der Waals surface area (Å²) >= 11 is 0. The third-order valence-corrected chi connectivity index (χ3v) is 6.50. The van der Waals surface area contributed by atoms with E-state index < -0.39 is 5.60 Å². The molecule has 3 rings (SSSR count). The van der Waals surface area contributed by atoms with Gasteiger partial charge in [0.05, 0.1) is 5.60 Å². The zero-order chi connectivity index (χ0) is 12.4. The van der Waals surface area contributed by atoms with Crippen molar-refractivity contribution in [1.29, 1.82) is 0 Å². The van der Waals surface area contributed by atoms with Crippen LogP contribution < -0.4 is 0 Å².